The first kappa shape index (κ1) is 8.49. The average molecular weight is 147 g/mol. The highest BCUT2D eigenvalue weighted by molar-refractivity contribution is 6.05. The minimum Gasteiger partial charge on any atom is -0.513 e. The van der Waals surface area contributed by atoms with E-state index in [1.165, 1.54) is 0 Å². The van der Waals surface area contributed by atoms with E-state index in [4.69, 9.17) is 0 Å². The number of hydrogen-bond acceptors (Lipinski definition) is 2. The van der Waals surface area contributed by atoms with Gasteiger partial charge in [-0.25, -0.2) is 4.79 Å². The fraction of sp³-hybridized carbons (Fsp3) is 0.800. The molecule has 0 spiro atoms. The summed E-state index contributed by atoms with van der Waals surface area (Å²) in [5.74, 6) is 0. The molecule has 1 amide bonds. The lowest BCUT2D eigenvalue weighted by Gasteiger charge is -2.19. The molecule has 9 heavy (non-hydrogen) atoms. The minimum absolute atomic E-state index is 0.179. The van der Waals surface area contributed by atoms with E-state index in [0.717, 1.165) is 0 Å². The van der Waals surface area contributed by atoms with Crippen LogP contribution in [0.3, 0.4) is 0 Å². The van der Waals surface area contributed by atoms with Crippen molar-refractivity contribution in [2.45, 2.75) is 26.3 Å². The first-order valence-electron chi connectivity index (χ1n) is 2.82. The molecule has 0 aliphatic rings. The molecule has 3 nitrogen and oxygen atoms in total. The second-order valence-electron chi connectivity index (χ2n) is 2.87. The highest BCUT2D eigenvalue weighted by atomic mass is 28.2. The normalized spacial score (nSPS) is 11.0. The summed E-state index contributed by atoms with van der Waals surface area (Å²) in [6, 6.07) is 0. The summed E-state index contributed by atoms with van der Waals surface area (Å²) in [6.07, 6.45) is -0.325. The van der Waals surface area contributed by atoms with Gasteiger partial charge in [-0.3, -0.25) is 0 Å². The Bertz CT molecular complexity index is 108. The van der Waals surface area contributed by atoms with Crippen molar-refractivity contribution < 1.29 is 9.22 Å². The van der Waals surface area contributed by atoms with Crippen molar-refractivity contribution >= 4 is 16.6 Å². The summed E-state index contributed by atoms with van der Waals surface area (Å²) >= 11 is 0. The predicted octanol–water partition coefficient (Wildman–Crippen LogP) is -0.208. The summed E-state index contributed by atoms with van der Waals surface area (Å²) in [4.78, 5) is 10.5. The Balaban J connectivity index is 3.60. The van der Waals surface area contributed by atoms with Crippen LogP contribution in [0.5, 0.6) is 0 Å². The van der Waals surface area contributed by atoms with Crippen LogP contribution in [0.2, 0.25) is 0 Å². The molecular weight excluding hydrogens is 134 g/mol. The first-order valence-corrected chi connectivity index (χ1v) is 3.63. The Morgan fingerprint density at radius 3 is 2.11 bits per heavy atom. The lowest BCUT2D eigenvalue weighted by Crippen LogP contribution is -2.40. The van der Waals surface area contributed by atoms with Crippen LogP contribution < -0.4 is 5.32 Å². The Labute approximate surface area is 58.3 Å². The van der Waals surface area contributed by atoms with Gasteiger partial charge in [0.15, 0.2) is 0 Å². The van der Waals surface area contributed by atoms with E-state index in [9.17, 15) is 4.79 Å². The first-order chi connectivity index (χ1) is 3.95. The fourth-order valence-electron chi connectivity index (χ4n) is 0.357. The van der Waals surface area contributed by atoms with Crippen molar-refractivity contribution in [3.63, 3.8) is 0 Å². The molecule has 0 fully saturated rings. The van der Waals surface area contributed by atoms with Gasteiger partial charge in [0.05, 0.1) is 0 Å². The number of hydrogen-bond donors (Lipinski definition) is 1. The number of amides is 1. The SMILES string of the molecule is CC(C)(C)NC(=O)O[SiH3]. The zero-order chi connectivity index (χ0) is 7.49. The molecule has 1 N–H and O–H groups in total. The van der Waals surface area contributed by atoms with Crippen molar-refractivity contribution in [1.29, 1.82) is 0 Å². The predicted molar refractivity (Wildman–Crippen MR) is 39.3 cm³/mol. The summed E-state index contributed by atoms with van der Waals surface area (Å²) in [5, 5.41) is 2.64. The zero-order valence-corrected chi connectivity index (χ0v) is 8.32. The highest BCUT2D eigenvalue weighted by Crippen LogP contribution is 1.97. The Hall–Kier alpha value is -0.513. The van der Waals surface area contributed by atoms with E-state index in [1.807, 2.05) is 20.8 Å². The van der Waals surface area contributed by atoms with Crippen LogP contribution in [-0.4, -0.2) is 22.1 Å². The lowest BCUT2D eigenvalue weighted by atomic mass is 10.1. The smallest absolute Gasteiger partial charge is 0.393 e. The van der Waals surface area contributed by atoms with Crippen molar-refractivity contribution in [3.8, 4) is 0 Å². The second-order valence-corrected chi connectivity index (χ2v) is 3.27. The zero-order valence-electron chi connectivity index (χ0n) is 6.32. The quantitative estimate of drug-likeness (QED) is 0.482. The van der Waals surface area contributed by atoms with E-state index in [-0.39, 0.29) is 11.6 Å². The molecule has 0 rings (SSSR count). The highest BCUT2D eigenvalue weighted by Gasteiger charge is 2.12. The molecule has 4 heteroatoms. The summed E-state index contributed by atoms with van der Waals surface area (Å²) < 4.78 is 4.52. The molecule has 0 bridgehead atoms. The number of carbonyl (C=O) groups is 1. The third-order valence-corrected chi connectivity index (χ3v) is 1.03. The molecule has 0 aromatic carbocycles. The van der Waals surface area contributed by atoms with E-state index >= 15 is 0 Å². The van der Waals surface area contributed by atoms with Crippen molar-refractivity contribution in [2.24, 2.45) is 0 Å². The molecule has 0 saturated carbocycles. The standard InChI is InChI=1S/C5H13NO2Si/c1-5(2,3)6-4(7)8-9/h1-3,9H3,(H,6,7). The monoisotopic (exact) mass is 147 g/mol. The molecule has 0 aliphatic carbocycles. The molecule has 0 aromatic rings. The molecule has 0 aromatic heterocycles. The molecule has 0 saturated heterocycles. The van der Waals surface area contributed by atoms with Gasteiger partial charge in [0.1, 0.15) is 0 Å². The molecule has 0 radical (unpaired) electrons. The van der Waals surface area contributed by atoms with Crippen LogP contribution in [0.25, 0.3) is 0 Å². The maximum atomic E-state index is 10.5. The van der Waals surface area contributed by atoms with E-state index in [1.54, 1.807) is 0 Å². The van der Waals surface area contributed by atoms with Crippen LogP contribution in [0.1, 0.15) is 20.8 Å². The average Bonchev–Trinajstić information content (AvgIpc) is 1.62. The number of carbonyl (C=O) groups excluding carboxylic acids is 1. The second kappa shape index (κ2) is 2.86. The molecule has 0 heterocycles. The third kappa shape index (κ3) is 5.36. The maximum Gasteiger partial charge on any atom is 0.393 e. The van der Waals surface area contributed by atoms with Gasteiger partial charge in [-0.05, 0) is 20.8 Å². The topological polar surface area (TPSA) is 38.3 Å². The molecular formula is C5H13NO2Si. The molecule has 0 atom stereocenters. The molecule has 0 aliphatic heterocycles. The number of rotatable bonds is 0. The van der Waals surface area contributed by atoms with Crippen molar-refractivity contribution in [1.82, 2.24) is 5.32 Å². The number of nitrogens with one attached hydrogen (secondary N) is 1. The van der Waals surface area contributed by atoms with Gasteiger partial charge >= 0.3 is 6.09 Å². The molecule has 54 valence electrons. The fourth-order valence-corrected chi connectivity index (χ4v) is 0.459. The van der Waals surface area contributed by atoms with Crippen LogP contribution in [-0.2, 0) is 4.43 Å². The van der Waals surface area contributed by atoms with E-state index in [0.29, 0.717) is 10.5 Å². The lowest BCUT2D eigenvalue weighted by molar-refractivity contribution is 0.195. The molecule has 0 unspecified atom stereocenters. The van der Waals surface area contributed by atoms with Gasteiger partial charge in [-0.2, -0.15) is 0 Å². The van der Waals surface area contributed by atoms with Crippen LogP contribution in [0.4, 0.5) is 4.79 Å². The van der Waals surface area contributed by atoms with Crippen LogP contribution >= 0.6 is 0 Å². The van der Waals surface area contributed by atoms with Crippen molar-refractivity contribution in [3.05, 3.63) is 0 Å². The summed E-state index contributed by atoms with van der Waals surface area (Å²) in [6.45, 7) is 5.72. The Morgan fingerprint density at radius 1 is 1.56 bits per heavy atom. The van der Waals surface area contributed by atoms with Gasteiger partial charge in [-0.1, -0.05) is 0 Å². The van der Waals surface area contributed by atoms with Gasteiger partial charge in [0.25, 0.3) is 0 Å². The Kier molecular flexibility index (Phi) is 2.70. The largest absolute Gasteiger partial charge is 0.513 e. The third-order valence-electron chi connectivity index (χ3n) is 0.662. The van der Waals surface area contributed by atoms with Gasteiger partial charge < -0.3 is 9.74 Å². The minimum atomic E-state index is -0.325. The van der Waals surface area contributed by atoms with Crippen LogP contribution in [0.15, 0.2) is 0 Å². The Morgan fingerprint density at radius 2 is 2.00 bits per heavy atom. The summed E-state index contributed by atoms with van der Waals surface area (Å²) in [5.41, 5.74) is -0.179. The summed E-state index contributed by atoms with van der Waals surface area (Å²) in [7, 11) is 0.454. The van der Waals surface area contributed by atoms with Crippen LogP contribution in [0, 0.1) is 0 Å². The maximum absolute atomic E-state index is 10.5. The van der Waals surface area contributed by atoms with E-state index < -0.39 is 0 Å². The van der Waals surface area contributed by atoms with Gasteiger partial charge in [-0.15, -0.1) is 0 Å². The van der Waals surface area contributed by atoms with E-state index in [2.05, 4.69) is 9.74 Å². The van der Waals surface area contributed by atoms with Gasteiger partial charge in [0, 0.05) is 5.54 Å². The van der Waals surface area contributed by atoms with Crippen molar-refractivity contribution in [2.75, 3.05) is 0 Å². The van der Waals surface area contributed by atoms with Gasteiger partial charge in [0.2, 0.25) is 10.5 Å².